The molecule has 2 aromatic rings. The molecular formula is C16H16ClN3O3. The maximum atomic E-state index is 12.0. The Morgan fingerprint density at radius 1 is 1.22 bits per heavy atom. The average molecular weight is 334 g/mol. The van der Waals surface area contributed by atoms with Gasteiger partial charge in [0, 0.05) is 22.8 Å². The Morgan fingerprint density at radius 2 is 1.96 bits per heavy atom. The first-order valence-electron chi connectivity index (χ1n) is 6.92. The molecule has 0 radical (unpaired) electrons. The van der Waals surface area contributed by atoms with E-state index in [0.717, 1.165) is 16.8 Å². The summed E-state index contributed by atoms with van der Waals surface area (Å²) in [7, 11) is 0. The van der Waals surface area contributed by atoms with Gasteiger partial charge in [-0.25, -0.2) is 0 Å². The smallest absolute Gasteiger partial charge is 0.271 e. The quantitative estimate of drug-likeness (QED) is 0.641. The van der Waals surface area contributed by atoms with Gasteiger partial charge in [-0.1, -0.05) is 23.7 Å². The number of nitro benzene ring substituents is 1. The minimum atomic E-state index is -0.497. The lowest BCUT2D eigenvalue weighted by molar-refractivity contribution is -0.384. The van der Waals surface area contributed by atoms with E-state index in [9.17, 15) is 14.9 Å². The number of benzene rings is 2. The number of rotatable bonds is 5. The zero-order chi connectivity index (χ0) is 17.0. The van der Waals surface area contributed by atoms with Gasteiger partial charge in [0.1, 0.15) is 0 Å². The number of aryl methyl sites for hydroxylation is 1. The van der Waals surface area contributed by atoms with Gasteiger partial charge >= 0.3 is 0 Å². The number of amides is 1. The zero-order valence-electron chi connectivity index (χ0n) is 12.7. The Balaban J connectivity index is 2.04. The normalized spacial score (nSPS) is 10.2. The number of nitro groups is 1. The Bertz CT molecular complexity index is 762. The number of hydrogen-bond acceptors (Lipinski definition) is 4. The second-order valence-electron chi connectivity index (χ2n) is 5.07. The fourth-order valence-electron chi connectivity index (χ4n) is 2.03. The van der Waals surface area contributed by atoms with Crippen LogP contribution < -0.4 is 10.6 Å². The second kappa shape index (κ2) is 7.11. The highest BCUT2D eigenvalue weighted by Gasteiger charge is 2.11. The van der Waals surface area contributed by atoms with E-state index in [1.54, 1.807) is 25.1 Å². The summed E-state index contributed by atoms with van der Waals surface area (Å²) in [5.74, 6) is -0.298. The topological polar surface area (TPSA) is 84.3 Å². The molecule has 1 amide bonds. The van der Waals surface area contributed by atoms with Gasteiger partial charge in [-0.3, -0.25) is 14.9 Å². The number of nitrogens with one attached hydrogen (secondary N) is 2. The molecule has 0 bridgehead atoms. The first kappa shape index (κ1) is 16.8. The summed E-state index contributed by atoms with van der Waals surface area (Å²) in [4.78, 5) is 22.3. The van der Waals surface area contributed by atoms with Crippen molar-refractivity contribution in [2.24, 2.45) is 0 Å². The Morgan fingerprint density at radius 3 is 2.65 bits per heavy atom. The lowest BCUT2D eigenvalue weighted by atomic mass is 10.2. The number of anilines is 2. The molecule has 23 heavy (non-hydrogen) atoms. The van der Waals surface area contributed by atoms with Gasteiger partial charge in [-0.05, 0) is 37.1 Å². The third kappa shape index (κ3) is 4.20. The number of carbonyl (C=O) groups is 1. The molecule has 0 aliphatic heterocycles. The van der Waals surface area contributed by atoms with Crippen LogP contribution in [0.1, 0.15) is 11.1 Å². The summed E-state index contributed by atoms with van der Waals surface area (Å²) in [5, 5.41) is 17.1. The van der Waals surface area contributed by atoms with E-state index in [-0.39, 0.29) is 18.1 Å². The Hall–Kier alpha value is -2.60. The SMILES string of the molecule is Cc1ccc([N+](=O)[O-])cc1NC(=O)CNc1cccc(Cl)c1C. The summed E-state index contributed by atoms with van der Waals surface area (Å²) in [6.07, 6.45) is 0. The van der Waals surface area contributed by atoms with Crippen LogP contribution >= 0.6 is 11.6 Å². The van der Waals surface area contributed by atoms with Crippen molar-refractivity contribution in [1.82, 2.24) is 0 Å². The molecule has 0 atom stereocenters. The molecule has 0 aromatic heterocycles. The Kier molecular flexibility index (Phi) is 5.18. The molecule has 6 nitrogen and oxygen atoms in total. The lowest BCUT2D eigenvalue weighted by Gasteiger charge is -2.12. The van der Waals surface area contributed by atoms with Gasteiger partial charge in [-0.2, -0.15) is 0 Å². The third-order valence-corrected chi connectivity index (χ3v) is 3.82. The van der Waals surface area contributed by atoms with E-state index in [0.29, 0.717) is 10.7 Å². The van der Waals surface area contributed by atoms with Crippen molar-refractivity contribution < 1.29 is 9.72 Å². The van der Waals surface area contributed by atoms with Crippen LogP contribution in [0.5, 0.6) is 0 Å². The summed E-state index contributed by atoms with van der Waals surface area (Å²) >= 11 is 6.02. The van der Waals surface area contributed by atoms with Crippen LogP contribution in [-0.4, -0.2) is 17.4 Å². The molecule has 120 valence electrons. The summed E-state index contributed by atoms with van der Waals surface area (Å²) in [6.45, 7) is 3.66. The van der Waals surface area contributed by atoms with Crippen LogP contribution in [0.3, 0.4) is 0 Å². The predicted octanol–water partition coefficient (Wildman–Crippen LogP) is 3.92. The van der Waals surface area contributed by atoms with Crippen molar-refractivity contribution in [3.63, 3.8) is 0 Å². The molecule has 2 rings (SSSR count). The molecule has 0 aliphatic carbocycles. The first-order valence-corrected chi connectivity index (χ1v) is 7.30. The van der Waals surface area contributed by atoms with Crippen LogP contribution in [0, 0.1) is 24.0 Å². The van der Waals surface area contributed by atoms with E-state index in [1.165, 1.54) is 12.1 Å². The summed E-state index contributed by atoms with van der Waals surface area (Å²) in [5.41, 5.74) is 2.73. The van der Waals surface area contributed by atoms with Crippen LogP contribution in [0.15, 0.2) is 36.4 Å². The molecule has 0 heterocycles. The van der Waals surface area contributed by atoms with Crippen LogP contribution in [0.4, 0.5) is 17.1 Å². The maximum Gasteiger partial charge on any atom is 0.271 e. The molecule has 7 heteroatoms. The summed E-state index contributed by atoms with van der Waals surface area (Å²) < 4.78 is 0. The highest BCUT2D eigenvalue weighted by atomic mass is 35.5. The third-order valence-electron chi connectivity index (χ3n) is 3.41. The van der Waals surface area contributed by atoms with Gasteiger partial charge < -0.3 is 10.6 Å². The molecular weight excluding hydrogens is 318 g/mol. The number of nitrogens with zero attached hydrogens (tertiary/aromatic N) is 1. The van der Waals surface area contributed by atoms with Crippen molar-refractivity contribution in [1.29, 1.82) is 0 Å². The number of carbonyl (C=O) groups excluding carboxylic acids is 1. The molecule has 0 unspecified atom stereocenters. The highest BCUT2D eigenvalue weighted by Crippen LogP contribution is 2.23. The minimum absolute atomic E-state index is 0.0311. The first-order chi connectivity index (χ1) is 10.9. The maximum absolute atomic E-state index is 12.0. The van der Waals surface area contributed by atoms with Crippen molar-refractivity contribution in [3.05, 3.63) is 62.7 Å². The lowest BCUT2D eigenvalue weighted by Crippen LogP contribution is -2.22. The predicted molar refractivity (Wildman–Crippen MR) is 91.1 cm³/mol. The van der Waals surface area contributed by atoms with Crippen LogP contribution in [-0.2, 0) is 4.79 Å². The van der Waals surface area contributed by atoms with Crippen molar-refractivity contribution in [2.45, 2.75) is 13.8 Å². The van der Waals surface area contributed by atoms with Crippen LogP contribution in [0.25, 0.3) is 0 Å². The highest BCUT2D eigenvalue weighted by molar-refractivity contribution is 6.31. The van der Waals surface area contributed by atoms with Gasteiger partial charge in [0.15, 0.2) is 0 Å². The average Bonchev–Trinajstić information content (AvgIpc) is 2.50. The molecule has 2 aromatic carbocycles. The number of non-ortho nitro benzene ring substituents is 1. The summed E-state index contributed by atoms with van der Waals surface area (Å²) in [6, 6.07) is 9.74. The van der Waals surface area contributed by atoms with Gasteiger partial charge in [0.25, 0.3) is 5.69 Å². The second-order valence-corrected chi connectivity index (χ2v) is 5.48. The largest absolute Gasteiger partial charge is 0.376 e. The minimum Gasteiger partial charge on any atom is -0.376 e. The Labute approximate surface area is 138 Å². The molecule has 0 saturated heterocycles. The number of hydrogen-bond donors (Lipinski definition) is 2. The molecule has 0 spiro atoms. The van der Waals surface area contributed by atoms with Crippen molar-refractivity contribution >= 4 is 34.6 Å². The van der Waals surface area contributed by atoms with E-state index in [4.69, 9.17) is 11.6 Å². The number of halogens is 1. The monoisotopic (exact) mass is 333 g/mol. The van der Waals surface area contributed by atoms with Gasteiger partial charge in [0.05, 0.1) is 17.2 Å². The van der Waals surface area contributed by atoms with E-state index in [2.05, 4.69) is 10.6 Å². The van der Waals surface area contributed by atoms with Gasteiger partial charge in [0.2, 0.25) is 5.91 Å². The molecule has 0 aliphatic rings. The van der Waals surface area contributed by atoms with E-state index in [1.807, 2.05) is 13.0 Å². The van der Waals surface area contributed by atoms with Crippen LogP contribution in [0.2, 0.25) is 5.02 Å². The van der Waals surface area contributed by atoms with E-state index < -0.39 is 4.92 Å². The van der Waals surface area contributed by atoms with Crippen molar-refractivity contribution in [3.8, 4) is 0 Å². The fraction of sp³-hybridized carbons (Fsp3) is 0.188. The molecule has 0 saturated carbocycles. The van der Waals surface area contributed by atoms with Gasteiger partial charge in [-0.15, -0.1) is 0 Å². The van der Waals surface area contributed by atoms with Crippen molar-refractivity contribution in [2.75, 3.05) is 17.2 Å². The fourth-order valence-corrected chi connectivity index (χ4v) is 2.20. The van der Waals surface area contributed by atoms with E-state index >= 15 is 0 Å². The molecule has 0 fully saturated rings. The standard InChI is InChI=1S/C16H16ClN3O3/c1-10-6-7-12(20(22)23)8-15(10)19-16(21)9-18-14-5-3-4-13(17)11(14)2/h3-8,18H,9H2,1-2H3,(H,19,21). The molecule has 2 N–H and O–H groups in total. The zero-order valence-corrected chi connectivity index (χ0v) is 13.5.